The molecule has 0 saturated carbocycles. The van der Waals surface area contributed by atoms with Gasteiger partial charge in [-0.3, -0.25) is 14.9 Å². The number of carbonyl (C=O) groups excluding carboxylic acids is 3. The van der Waals surface area contributed by atoms with Crippen molar-refractivity contribution in [1.82, 2.24) is 5.32 Å². The number of anilines is 1. The monoisotopic (exact) mass is 712 g/mol. The molecular formula is C32H23ClFIN2O6. The number of methoxy groups -OCH3 is 1. The van der Waals surface area contributed by atoms with E-state index < -0.39 is 17.8 Å². The van der Waals surface area contributed by atoms with E-state index in [2.05, 4.69) is 5.32 Å². The normalized spacial score (nSPS) is 14.1. The van der Waals surface area contributed by atoms with Gasteiger partial charge in [0.1, 0.15) is 30.4 Å². The summed E-state index contributed by atoms with van der Waals surface area (Å²) in [6.07, 6.45) is 1.37. The molecule has 1 aliphatic heterocycles. The lowest BCUT2D eigenvalue weighted by atomic mass is 10.1. The number of imide groups is 2. The molecule has 8 nitrogen and oxygen atoms in total. The number of urea groups is 1. The third-order valence-corrected chi connectivity index (χ3v) is 7.55. The molecule has 1 N–H and O–H groups in total. The minimum atomic E-state index is -0.870. The Hall–Kier alpha value is -4.42. The molecule has 4 aromatic carbocycles. The number of rotatable bonds is 9. The molecule has 4 aromatic rings. The van der Waals surface area contributed by atoms with Crippen LogP contribution in [0.4, 0.5) is 14.9 Å². The summed E-state index contributed by atoms with van der Waals surface area (Å²) in [7, 11) is 1.46. The summed E-state index contributed by atoms with van der Waals surface area (Å²) in [5, 5.41) is 2.80. The van der Waals surface area contributed by atoms with Crippen molar-refractivity contribution < 1.29 is 33.0 Å². The molecule has 5 rings (SSSR count). The van der Waals surface area contributed by atoms with Gasteiger partial charge in [-0.15, -0.1) is 0 Å². The third kappa shape index (κ3) is 6.98. The number of barbiturate groups is 1. The zero-order valence-corrected chi connectivity index (χ0v) is 25.5. The molecule has 11 heteroatoms. The summed E-state index contributed by atoms with van der Waals surface area (Å²) in [5.41, 5.74) is 1.92. The van der Waals surface area contributed by atoms with Gasteiger partial charge in [0.2, 0.25) is 0 Å². The topological polar surface area (TPSA) is 94.2 Å². The molecule has 43 heavy (non-hydrogen) atoms. The second-order valence-electron chi connectivity index (χ2n) is 9.28. The van der Waals surface area contributed by atoms with E-state index in [1.165, 1.54) is 25.3 Å². The maximum absolute atomic E-state index is 13.6. The van der Waals surface area contributed by atoms with Gasteiger partial charge in [-0.1, -0.05) is 41.9 Å². The third-order valence-electron chi connectivity index (χ3n) is 6.38. The average Bonchev–Trinajstić information content (AvgIpc) is 2.98. The lowest BCUT2D eigenvalue weighted by Crippen LogP contribution is -2.54. The maximum Gasteiger partial charge on any atom is 0.335 e. The molecule has 0 spiro atoms. The Morgan fingerprint density at radius 3 is 2.42 bits per heavy atom. The van der Waals surface area contributed by atoms with Crippen LogP contribution >= 0.6 is 34.2 Å². The summed E-state index contributed by atoms with van der Waals surface area (Å²) in [4.78, 5) is 39.7. The number of carbonyl (C=O) groups is 3. The van der Waals surface area contributed by atoms with E-state index in [1.54, 1.807) is 54.6 Å². The number of hydrogen-bond donors (Lipinski definition) is 1. The predicted molar refractivity (Wildman–Crippen MR) is 168 cm³/mol. The van der Waals surface area contributed by atoms with Crippen molar-refractivity contribution >= 4 is 63.8 Å². The molecule has 4 amide bonds. The molecule has 218 valence electrons. The van der Waals surface area contributed by atoms with Crippen LogP contribution in [0.3, 0.4) is 0 Å². The van der Waals surface area contributed by atoms with Crippen LogP contribution in [0.15, 0.2) is 90.5 Å². The summed E-state index contributed by atoms with van der Waals surface area (Å²) < 4.78 is 31.4. The molecule has 0 aromatic heterocycles. The van der Waals surface area contributed by atoms with E-state index in [0.29, 0.717) is 37.0 Å². The highest BCUT2D eigenvalue weighted by atomic mass is 127. The molecule has 1 heterocycles. The van der Waals surface area contributed by atoms with Gasteiger partial charge in [0.15, 0.2) is 11.5 Å². The number of nitrogens with zero attached hydrogens (tertiary/aromatic N) is 1. The molecule has 0 radical (unpaired) electrons. The lowest BCUT2D eigenvalue weighted by Gasteiger charge is -2.26. The second-order valence-corrected chi connectivity index (χ2v) is 10.9. The minimum absolute atomic E-state index is 0.104. The molecule has 1 saturated heterocycles. The average molecular weight is 713 g/mol. The Bertz CT molecular complexity index is 1740. The van der Waals surface area contributed by atoms with E-state index >= 15 is 0 Å². The van der Waals surface area contributed by atoms with Crippen LogP contribution in [0.25, 0.3) is 6.08 Å². The van der Waals surface area contributed by atoms with E-state index in [-0.39, 0.29) is 30.3 Å². The van der Waals surface area contributed by atoms with Crippen molar-refractivity contribution in [2.75, 3.05) is 12.0 Å². The van der Waals surface area contributed by atoms with Crippen molar-refractivity contribution in [2.45, 2.75) is 13.2 Å². The number of hydrogen-bond acceptors (Lipinski definition) is 6. The Morgan fingerprint density at radius 1 is 0.930 bits per heavy atom. The van der Waals surface area contributed by atoms with E-state index in [1.807, 2.05) is 40.8 Å². The zero-order chi connectivity index (χ0) is 30.5. The molecular weight excluding hydrogens is 690 g/mol. The summed E-state index contributed by atoms with van der Waals surface area (Å²) >= 11 is 8.22. The SMILES string of the molecule is COc1cc(/C=C2\C(=O)NC(=O)N(c3ccc(OCc4ccccc4Cl)cc3)C2=O)cc(I)c1OCc1cccc(F)c1. The first-order chi connectivity index (χ1) is 20.7. The highest BCUT2D eigenvalue weighted by Gasteiger charge is 2.37. The number of ether oxygens (including phenoxy) is 3. The first kappa shape index (κ1) is 30.1. The Balaban J connectivity index is 1.34. The Labute approximate surface area is 265 Å². The smallest absolute Gasteiger partial charge is 0.335 e. The van der Waals surface area contributed by atoms with Crippen molar-refractivity contribution in [2.24, 2.45) is 0 Å². The Kier molecular flexibility index (Phi) is 9.27. The molecule has 1 aliphatic rings. The standard InChI is InChI=1S/C32H23ClFIN2O6/c1-41-28-16-20(15-27(35)29(28)43-17-19-5-4-7-22(34)13-19)14-25-30(38)36-32(40)37(31(25)39)23-9-11-24(12-10-23)42-18-21-6-2-3-8-26(21)33/h2-16H,17-18H2,1H3,(H,36,38,40)/b25-14+. The first-order valence-electron chi connectivity index (χ1n) is 12.9. The van der Waals surface area contributed by atoms with Crippen molar-refractivity contribution in [3.63, 3.8) is 0 Å². The van der Waals surface area contributed by atoms with E-state index in [0.717, 1.165) is 10.5 Å². The van der Waals surface area contributed by atoms with Gasteiger partial charge in [0.25, 0.3) is 11.8 Å². The quantitative estimate of drug-likeness (QED) is 0.115. The van der Waals surface area contributed by atoms with Gasteiger partial charge < -0.3 is 14.2 Å². The van der Waals surface area contributed by atoms with Gasteiger partial charge in [-0.2, -0.15) is 0 Å². The van der Waals surface area contributed by atoms with Crippen LogP contribution in [0, 0.1) is 9.39 Å². The van der Waals surface area contributed by atoms with Crippen molar-refractivity contribution in [3.05, 3.63) is 122 Å². The summed E-state index contributed by atoms with van der Waals surface area (Å²) in [6.45, 7) is 0.340. The second kappa shape index (κ2) is 13.3. The first-order valence-corrected chi connectivity index (χ1v) is 14.3. The maximum atomic E-state index is 13.6. The van der Waals surface area contributed by atoms with Gasteiger partial charge in [-0.05, 0) is 94.4 Å². The predicted octanol–water partition coefficient (Wildman–Crippen LogP) is 6.92. The zero-order valence-electron chi connectivity index (χ0n) is 22.6. The van der Waals surface area contributed by atoms with Gasteiger partial charge in [0, 0.05) is 10.6 Å². The molecule has 1 fully saturated rings. The highest BCUT2D eigenvalue weighted by molar-refractivity contribution is 14.1. The number of halogens is 3. The van der Waals surface area contributed by atoms with Crippen LogP contribution in [-0.4, -0.2) is 25.0 Å². The fourth-order valence-electron chi connectivity index (χ4n) is 4.27. The summed E-state index contributed by atoms with van der Waals surface area (Å²) in [5.74, 6) is -0.723. The molecule has 0 unspecified atom stereocenters. The molecule has 0 atom stereocenters. The highest BCUT2D eigenvalue weighted by Crippen LogP contribution is 2.36. The van der Waals surface area contributed by atoms with Crippen molar-refractivity contribution in [1.29, 1.82) is 0 Å². The largest absolute Gasteiger partial charge is 0.493 e. The van der Waals surface area contributed by atoms with Crippen LogP contribution < -0.4 is 24.4 Å². The summed E-state index contributed by atoms with van der Waals surface area (Å²) in [6, 6.07) is 22.1. The minimum Gasteiger partial charge on any atom is -0.493 e. The Morgan fingerprint density at radius 2 is 1.70 bits per heavy atom. The lowest BCUT2D eigenvalue weighted by molar-refractivity contribution is -0.122. The van der Waals surface area contributed by atoms with Gasteiger partial charge in [-0.25, -0.2) is 14.1 Å². The van der Waals surface area contributed by atoms with Crippen molar-refractivity contribution in [3.8, 4) is 17.2 Å². The van der Waals surface area contributed by atoms with Crippen LogP contribution in [-0.2, 0) is 22.8 Å². The van der Waals surface area contributed by atoms with Crippen LogP contribution in [0.1, 0.15) is 16.7 Å². The fraction of sp³-hybridized carbons (Fsp3) is 0.0938. The van der Waals surface area contributed by atoms with Crippen LogP contribution in [0.5, 0.6) is 17.2 Å². The fourth-order valence-corrected chi connectivity index (χ4v) is 5.24. The van der Waals surface area contributed by atoms with Gasteiger partial charge >= 0.3 is 6.03 Å². The number of benzene rings is 4. The molecule has 0 bridgehead atoms. The van der Waals surface area contributed by atoms with Gasteiger partial charge in [0.05, 0.1) is 16.4 Å². The number of amides is 4. The van der Waals surface area contributed by atoms with E-state index in [4.69, 9.17) is 25.8 Å². The van der Waals surface area contributed by atoms with Crippen LogP contribution in [0.2, 0.25) is 5.02 Å². The van der Waals surface area contributed by atoms with E-state index in [9.17, 15) is 18.8 Å². The number of nitrogens with one attached hydrogen (secondary N) is 1. The molecule has 0 aliphatic carbocycles.